The van der Waals surface area contributed by atoms with Gasteiger partial charge in [0, 0.05) is 5.69 Å². The summed E-state index contributed by atoms with van der Waals surface area (Å²) >= 11 is 0. The minimum absolute atomic E-state index is 0.393. The van der Waals surface area contributed by atoms with E-state index in [1.807, 2.05) is 31.2 Å². The Morgan fingerprint density at radius 1 is 1.12 bits per heavy atom. The Kier molecular flexibility index (Phi) is 3.20. The molecule has 1 unspecified atom stereocenters. The molecule has 1 atom stereocenters. The van der Waals surface area contributed by atoms with Gasteiger partial charge in [-0.2, -0.15) is 0 Å². The number of anilines is 1. The zero-order valence-corrected chi connectivity index (χ0v) is 9.95. The molecule has 1 aliphatic rings. The Morgan fingerprint density at radius 2 is 1.69 bits per heavy atom. The molecule has 0 heterocycles. The van der Waals surface area contributed by atoms with E-state index < -0.39 is 5.60 Å². The van der Waals surface area contributed by atoms with Crippen LogP contribution in [0, 0.1) is 5.92 Å². The van der Waals surface area contributed by atoms with Crippen molar-refractivity contribution < 1.29 is 5.11 Å². The number of aliphatic hydroxyl groups is 1. The van der Waals surface area contributed by atoms with E-state index in [1.165, 1.54) is 19.3 Å². The second-order valence-electron chi connectivity index (χ2n) is 5.10. The third-order valence-electron chi connectivity index (χ3n) is 3.90. The van der Waals surface area contributed by atoms with E-state index in [0.717, 1.165) is 24.1 Å². The molecule has 0 aliphatic heterocycles. The summed E-state index contributed by atoms with van der Waals surface area (Å²) < 4.78 is 0. The van der Waals surface area contributed by atoms with Crippen LogP contribution in [0.15, 0.2) is 24.3 Å². The van der Waals surface area contributed by atoms with E-state index in [0.29, 0.717) is 5.92 Å². The van der Waals surface area contributed by atoms with Crippen molar-refractivity contribution in [3.05, 3.63) is 29.8 Å². The minimum atomic E-state index is -0.700. The van der Waals surface area contributed by atoms with Crippen LogP contribution in [0.4, 0.5) is 5.69 Å². The third kappa shape index (κ3) is 2.22. The summed E-state index contributed by atoms with van der Waals surface area (Å²) in [5.74, 6) is 0.393. The van der Waals surface area contributed by atoms with Gasteiger partial charge in [0.15, 0.2) is 0 Å². The first-order valence-corrected chi connectivity index (χ1v) is 6.19. The maximum atomic E-state index is 10.7. The molecule has 2 rings (SSSR count). The van der Waals surface area contributed by atoms with Crippen LogP contribution in [0.2, 0.25) is 0 Å². The third-order valence-corrected chi connectivity index (χ3v) is 3.90. The summed E-state index contributed by atoms with van der Waals surface area (Å²) in [6.07, 6.45) is 6.08. The van der Waals surface area contributed by atoms with Crippen LogP contribution in [-0.2, 0) is 5.60 Å². The Morgan fingerprint density at radius 3 is 2.25 bits per heavy atom. The highest BCUT2D eigenvalue weighted by molar-refractivity contribution is 5.40. The maximum Gasteiger partial charge on any atom is 0.0896 e. The van der Waals surface area contributed by atoms with Gasteiger partial charge in [-0.15, -0.1) is 0 Å². The minimum Gasteiger partial charge on any atom is -0.399 e. The molecule has 16 heavy (non-hydrogen) atoms. The smallest absolute Gasteiger partial charge is 0.0896 e. The van der Waals surface area contributed by atoms with E-state index in [2.05, 4.69) is 0 Å². The van der Waals surface area contributed by atoms with Gasteiger partial charge in [-0.05, 0) is 43.4 Å². The lowest BCUT2D eigenvalue weighted by atomic mass is 9.74. The topological polar surface area (TPSA) is 46.2 Å². The molecule has 88 valence electrons. The lowest BCUT2D eigenvalue weighted by Crippen LogP contribution is -2.33. The second kappa shape index (κ2) is 4.46. The molecule has 0 amide bonds. The molecule has 1 aromatic carbocycles. The highest BCUT2D eigenvalue weighted by atomic mass is 16.3. The Balaban J connectivity index is 2.19. The lowest BCUT2D eigenvalue weighted by molar-refractivity contribution is -0.0214. The van der Waals surface area contributed by atoms with E-state index in [9.17, 15) is 5.11 Å². The molecule has 0 saturated heterocycles. The van der Waals surface area contributed by atoms with Gasteiger partial charge in [-0.1, -0.05) is 31.4 Å². The van der Waals surface area contributed by atoms with Crippen molar-refractivity contribution in [2.24, 2.45) is 5.92 Å². The summed E-state index contributed by atoms with van der Waals surface area (Å²) in [4.78, 5) is 0. The fourth-order valence-corrected chi connectivity index (χ4v) is 2.72. The number of hydrogen-bond donors (Lipinski definition) is 2. The number of nitrogens with two attached hydrogens (primary N) is 1. The SMILES string of the molecule is CC(O)(c1ccc(N)cc1)C1CCCCC1. The first-order chi connectivity index (χ1) is 7.60. The molecule has 2 nitrogen and oxygen atoms in total. The molecular weight excluding hydrogens is 198 g/mol. The van der Waals surface area contributed by atoms with Crippen molar-refractivity contribution in [2.45, 2.75) is 44.6 Å². The second-order valence-corrected chi connectivity index (χ2v) is 5.10. The molecule has 1 aromatic rings. The zero-order valence-electron chi connectivity index (χ0n) is 9.95. The van der Waals surface area contributed by atoms with Gasteiger partial charge >= 0.3 is 0 Å². The van der Waals surface area contributed by atoms with Crippen LogP contribution in [0.5, 0.6) is 0 Å². The molecule has 1 fully saturated rings. The van der Waals surface area contributed by atoms with Crippen LogP contribution < -0.4 is 5.73 Å². The highest BCUT2D eigenvalue weighted by Crippen LogP contribution is 2.39. The normalized spacial score (nSPS) is 21.6. The predicted molar refractivity (Wildman–Crippen MR) is 67.0 cm³/mol. The average molecular weight is 219 g/mol. The fraction of sp³-hybridized carbons (Fsp3) is 0.571. The highest BCUT2D eigenvalue weighted by Gasteiger charge is 2.34. The maximum absolute atomic E-state index is 10.7. The molecular formula is C14H21NO. The zero-order chi connectivity index (χ0) is 11.6. The molecule has 0 bridgehead atoms. The quantitative estimate of drug-likeness (QED) is 0.751. The summed E-state index contributed by atoms with van der Waals surface area (Å²) in [5, 5.41) is 10.7. The van der Waals surface area contributed by atoms with Crippen LogP contribution in [0.1, 0.15) is 44.6 Å². The predicted octanol–water partition coefficient (Wildman–Crippen LogP) is 3.06. The number of rotatable bonds is 2. The molecule has 3 N–H and O–H groups in total. The van der Waals surface area contributed by atoms with Crippen LogP contribution in [-0.4, -0.2) is 5.11 Å². The van der Waals surface area contributed by atoms with Crippen LogP contribution >= 0.6 is 0 Å². The average Bonchev–Trinajstić information content (AvgIpc) is 2.31. The van der Waals surface area contributed by atoms with Crippen molar-refractivity contribution in [3.8, 4) is 0 Å². The Bertz CT molecular complexity index is 336. The lowest BCUT2D eigenvalue weighted by Gasteiger charge is -2.36. The van der Waals surface area contributed by atoms with Gasteiger partial charge < -0.3 is 10.8 Å². The summed E-state index contributed by atoms with van der Waals surface area (Å²) in [6, 6.07) is 7.63. The summed E-state index contributed by atoms with van der Waals surface area (Å²) in [7, 11) is 0. The monoisotopic (exact) mass is 219 g/mol. The van der Waals surface area contributed by atoms with Gasteiger partial charge in [0.2, 0.25) is 0 Å². The summed E-state index contributed by atoms with van der Waals surface area (Å²) in [5.41, 5.74) is 6.71. The van der Waals surface area contributed by atoms with Gasteiger partial charge in [-0.25, -0.2) is 0 Å². The van der Waals surface area contributed by atoms with Crippen molar-refractivity contribution in [3.63, 3.8) is 0 Å². The number of hydrogen-bond acceptors (Lipinski definition) is 2. The molecule has 0 aromatic heterocycles. The van der Waals surface area contributed by atoms with Gasteiger partial charge in [0.05, 0.1) is 5.60 Å². The first kappa shape index (κ1) is 11.5. The summed E-state index contributed by atoms with van der Waals surface area (Å²) in [6.45, 7) is 1.94. The van der Waals surface area contributed by atoms with Gasteiger partial charge in [0.1, 0.15) is 0 Å². The van der Waals surface area contributed by atoms with E-state index in [-0.39, 0.29) is 0 Å². The molecule has 1 aliphatic carbocycles. The van der Waals surface area contributed by atoms with Crippen molar-refractivity contribution in [1.29, 1.82) is 0 Å². The van der Waals surface area contributed by atoms with Crippen molar-refractivity contribution >= 4 is 5.69 Å². The van der Waals surface area contributed by atoms with Crippen molar-refractivity contribution in [2.75, 3.05) is 5.73 Å². The van der Waals surface area contributed by atoms with Gasteiger partial charge in [0.25, 0.3) is 0 Å². The molecule has 0 radical (unpaired) electrons. The molecule has 2 heteroatoms. The van der Waals surface area contributed by atoms with E-state index in [4.69, 9.17) is 5.73 Å². The molecule has 1 saturated carbocycles. The van der Waals surface area contributed by atoms with Crippen LogP contribution in [0.3, 0.4) is 0 Å². The Labute approximate surface area is 97.5 Å². The van der Waals surface area contributed by atoms with Crippen molar-refractivity contribution in [1.82, 2.24) is 0 Å². The van der Waals surface area contributed by atoms with E-state index in [1.54, 1.807) is 0 Å². The number of benzene rings is 1. The largest absolute Gasteiger partial charge is 0.399 e. The fourth-order valence-electron chi connectivity index (χ4n) is 2.72. The molecule has 0 spiro atoms. The number of nitrogen functional groups attached to an aromatic ring is 1. The van der Waals surface area contributed by atoms with Crippen LogP contribution in [0.25, 0.3) is 0 Å². The van der Waals surface area contributed by atoms with E-state index >= 15 is 0 Å². The van der Waals surface area contributed by atoms with Gasteiger partial charge in [-0.3, -0.25) is 0 Å². The Hall–Kier alpha value is -1.02. The standard InChI is InChI=1S/C14H21NO/c1-14(16,11-5-3-2-4-6-11)12-7-9-13(15)10-8-12/h7-11,16H,2-6,15H2,1H3. The first-order valence-electron chi connectivity index (χ1n) is 6.19.